The molecule has 1 saturated heterocycles. The number of hydrogen-bond acceptors (Lipinski definition) is 3. The number of benzene rings is 1. The molecule has 0 spiro atoms. The molecule has 2 rings (SSSR count). The van der Waals surface area contributed by atoms with Crippen molar-refractivity contribution in [1.29, 1.82) is 0 Å². The van der Waals surface area contributed by atoms with Crippen LogP contribution in [0.25, 0.3) is 0 Å². The molecule has 1 N–H and O–H groups in total. The molecule has 0 saturated carbocycles. The summed E-state index contributed by atoms with van der Waals surface area (Å²) in [6.07, 6.45) is 0. The summed E-state index contributed by atoms with van der Waals surface area (Å²) < 4.78 is 2.23. The van der Waals surface area contributed by atoms with E-state index in [1.807, 2.05) is 0 Å². The smallest absolute Gasteiger partial charge is 0.0320 e. The molecule has 0 amide bonds. The first-order valence-electron chi connectivity index (χ1n) is 6.20. The molecular formula is C13H18Br2N2S. The zero-order valence-electron chi connectivity index (χ0n) is 10.3. The maximum atomic E-state index is 3.53. The number of thioether (sulfide) groups is 1. The van der Waals surface area contributed by atoms with Gasteiger partial charge in [0.05, 0.1) is 0 Å². The van der Waals surface area contributed by atoms with Gasteiger partial charge in [0.1, 0.15) is 0 Å². The Hall–Kier alpha value is 0.450. The second-order valence-corrected chi connectivity index (χ2v) is 7.31. The van der Waals surface area contributed by atoms with Crippen molar-refractivity contribution >= 4 is 43.6 Å². The van der Waals surface area contributed by atoms with E-state index in [4.69, 9.17) is 0 Å². The van der Waals surface area contributed by atoms with Crippen LogP contribution in [0.1, 0.15) is 5.56 Å². The van der Waals surface area contributed by atoms with E-state index in [0.717, 1.165) is 28.6 Å². The highest BCUT2D eigenvalue weighted by Crippen LogP contribution is 2.23. The summed E-state index contributed by atoms with van der Waals surface area (Å²) in [4.78, 5) is 2.54. The van der Waals surface area contributed by atoms with Crippen LogP contribution in [-0.4, -0.2) is 42.6 Å². The van der Waals surface area contributed by atoms with Crippen molar-refractivity contribution in [2.24, 2.45) is 0 Å². The fourth-order valence-corrected chi connectivity index (χ4v) is 3.60. The maximum Gasteiger partial charge on any atom is 0.0320 e. The minimum Gasteiger partial charge on any atom is -0.311 e. The van der Waals surface area contributed by atoms with Gasteiger partial charge in [-0.3, -0.25) is 0 Å². The number of halogens is 2. The molecule has 0 bridgehead atoms. The van der Waals surface area contributed by atoms with Gasteiger partial charge in [0.2, 0.25) is 0 Å². The molecule has 1 aromatic carbocycles. The fraction of sp³-hybridized carbons (Fsp3) is 0.538. The number of hydrogen-bond donors (Lipinski definition) is 1. The van der Waals surface area contributed by atoms with Gasteiger partial charge < -0.3 is 10.2 Å². The third-order valence-electron chi connectivity index (χ3n) is 3.02. The van der Waals surface area contributed by atoms with Gasteiger partial charge in [-0.1, -0.05) is 6.07 Å². The highest BCUT2D eigenvalue weighted by molar-refractivity contribution is 9.13. The molecule has 1 aliphatic heterocycles. The molecule has 1 aromatic rings. The molecule has 0 aliphatic carbocycles. The van der Waals surface area contributed by atoms with Gasteiger partial charge in [-0.15, -0.1) is 0 Å². The van der Waals surface area contributed by atoms with Crippen molar-refractivity contribution in [3.05, 3.63) is 32.7 Å². The monoisotopic (exact) mass is 392 g/mol. The van der Waals surface area contributed by atoms with Gasteiger partial charge in [-0.2, -0.15) is 11.8 Å². The topological polar surface area (TPSA) is 15.3 Å². The predicted molar refractivity (Wildman–Crippen MR) is 87.3 cm³/mol. The molecule has 2 nitrogen and oxygen atoms in total. The quantitative estimate of drug-likeness (QED) is 0.772. The zero-order chi connectivity index (χ0) is 12.8. The summed E-state index contributed by atoms with van der Waals surface area (Å²) in [5, 5.41) is 3.51. The summed E-state index contributed by atoms with van der Waals surface area (Å²) in [7, 11) is 0. The minimum absolute atomic E-state index is 0.939. The van der Waals surface area contributed by atoms with E-state index >= 15 is 0 Å². The fourth-order valence-electron chi connectivity index (χ4n) is 1.94. The van der Waals surface area contributed by atoms with Crippen LogP contribution in [0.5, 0.6) is 0 Å². The number of nitrogens with zero attached hydrogens (tertiary/aromatic N) is 1. The molecule has 100 valence electrons. The van der Waals surface area contributed by atoms with Crippen LogP contribution < -0.4 is 5.32 Å². The Balaban J connectivity index is 1.66. The van der Waals surface area contributed by atoms with Gasteiger partial charge in [-0.25, -0.2) is 0 Å². The second-order valence-electron chi connectivity index (χ2n) is 4.38. The molecule has 5 heteroatoms. The summed E-state index contributed by atoms with van der Waals surface area (Å²) in [6, 6.07) is 6.40. The van der Waals surface area contributed by atoms with E-state index in [2.05, 4.69) is 72.0 Å². The Bertz CT molecular complexity index is 381. The molecule has 1 aliphatic rings. The first kappa shape index (κ1) is 14.9. The van der Waals surface area contributed by atoms with Crippen LogP contribution in [0.4, 0.5) is 0 Å². The zero-order valence-corrected chi connectivity index (χ0v) is 14.3. The highest BCUT2D eigenvalue weighted by Gasteiger charge is 2.08. The normalized spacial score (nSPS) is 17.0. The molecule has 0 atom stereocenters. The first-order chi connectivity index (χ1) is 8.75. The Kier molecular flexibility index (Phi) is 6.52. The van der Waals surface area contributed by atoms with Crippen LogP contribution in [0.3, 0.4) is 0 Å². The third kappa shape index (κ3) is 4.85. The predicted octanol–water partition coefficient (Wildman–Crippen LogP) is 3.35. The lowest BCUT2D eigenvalue weighted by Crippen LogP contribution is -2.37. The van der Waals surface area contributed by atoms with Gasteiger partial charge in [-0.05, 0) is 49.6 Å². The van der Waals surface area contributed by atoms with Crippen molar-refractivity contribution in [2.45, 2.75) is 6.54 Å². The lowest BCUT2D eigenvalue weighted by atomic mass is 10.2. The molecule has 18 heavy (non-hydrogen) atoms. The number of nitrogens with one attached hydrogen (secondary N) is 1. The van der Waals surface area contributed by atoms with Crippen molar-refractivity contribution in [3.63, 3.8) is 0 Å². The Morgan fingerprint density at radius 2 is 1.94 bits per heavy atom. The molecule has 0 unspecified atom stereocenters. The molecule has 1 heterocycles. The third-order valence-corrected chi connectivity index (χ3v) is 5.84. The highest BCUT2D eigenvalue weighted by atomic mass is 79.9. The van der Waals surface area contributed by atoms with Gasteiger partial charge in [0.25, 0.3) is 0 Å². The summed E-state index contributed by atoms with van der Waals surface area (Å²) >= 11 is 9.09. The summed E-state index contributed by atoms with van der Waals surface area (Å²) in [6.45, 7) is 5.66. The number of rotatable bonds is 5. The van der Waals surface area contributed by atoms with E-state index in [9.17, 15) is 0 Å². The van der Waals surface area contributed by atoms with Crippen LogP contribution in [0.2, 0.25) is 0 Å². The largest absolute Gasteiger partial charge is 0.311 e. The molecule has 1 fully saturated rings. The lowest BCUT2D eigenvalue weighted by Gasteiger charge is -2.26. The Morgan fingerprint density at radius 1 is 1.17 bits per heavy atom. The SMILES string of the molecule is Brc1ccc(CNCCN2CCSCC2)cc1Br. The van der Waals surface area contributed by atoms with Gasteiger partial charge in [0, 0.05) is 53.2 Å². The standard InChI is InChI=1S/C13H18Br2N2S/c14-12-2-1-11(9-13(12)15)10-16-3-4-17-5-7-18-8-6-17/h1-2,9,16H,3-8,10H2. The van der Waals surface area contributed by atoms with Crippen LogP contribution in [0.15, 0.2) is 27.1 Å². The van der Waals surface area contributed by atoms with E-state index in [-0.39, 0.29) is 0 Å². The lowest BCUT2D eigenvalue weighted by molar-refractivity contribution is 0.301. The van der Waals surface area contributed by atoms with Crippen LogP contribution in [-0.2, 0) is 6.54 Å². The molecular weight excluding hydrogens is 376 g/mol. The van der Waals surface area contributed by atoms with Crippen LogP contribution in [0, 0.1) is 0 Å². The van der Waals surface area contributed by atoms with Crippen molar-refractivity contribution in [2.75, 3.05) is 37.7 Å². The van der Waals surface area contributed by atoms with Gasteiger partial charge in [0.15, 0.2) is 0 Å². The van der Waals surface area contributed by atoms with E-state index in [0.29, 0.717) is 0 Å². The minimum atomic E-state index is 0.939. The molecule has 0 aromatic heterocycles. The van der Waals surface area contributed by atoms with Crippen LogP contribution >= 0.6 is 43.6 Å². The van der Waals surface area contributed by atoms with E-state index in [1.165, 1.54) is 30.2 Å². The Morgan fingerprint density at radius 3 is 2.67 bits per heavy atom. The Labute approximate surface area is 130 Å². The maximum absolute atomic E-state index is 3.53. The summed E-state index contributed by atoms with van der Waals surface area (Å²) in [5.74, 6) is 2.58. The average molecular weight is 394 g/mol. The van der Waals surface area contributed by atoms with E-state index in [1.54, 1.807) is 0 Å². The average Bonchev–Trinajstić information content (AvgIpc) is 2.40. The molecule has 0 radical (unpaired) electrons. The summed E-state index contributed by atoms with van der Waals surface area (Å²) in [5.41, 5.74) is 1.32. The van der Waals surface area contributed by atoms with Gasteiger partial charge >= 0.3 is 0 Å². The van der Waals surface area contributed by atoms with E-state index < -0.39 is 0 Å². The first-order valence-corrected chi connectivity index (χ1v) is 8.94. The van der Waals surface area contributed by atoms with Crippen molar-refractivity contribution in [1.82, 2.24) is 10.2 Å². The van der Waals surface area contributed by atoms with Crippen molar-refractivity contribution in [3.8, 4) is 0 Å². The second kappa shape index (κ2) is 7.90. The van der Waals surface area contributed by atoms with Crippen molar-refractivity contribution < 1.29 is 0 Å².